The van der Waals surface area contributed by atoms with Crippen LogP contribution in [0.5, 0.6) is 11.5 Å². The molecule has 29 heavy (non-hydrogen) atoms. The molecule has 156 valence electrons. The zero-order chi connectivity index (χ0) is 19.2. The molecule has 0 bridgehead atoms. The molecule has 0 spiro atoms. The number of aliphatic imine (C=N–C) groups is 1. The molecule has 1 aromatic heterocycles. The van der Waals surface area contributed by atoms with Crippen molar-refractivity contribution in [1.82, 2.24) is 15.6 Å². The summed E-state index contributed by atoms with van der Waals surface area (Å²) in [6.45, 7) is 4.02. The first-order valence-electron chi connectivity index (χ1n) is 9.85. The number of fused-ring (bicyclic) bond motifs is 1. The number of nitrogens with one attached hydrogen (secondary N) is 2. The molecule has 3 heterocycles. The highest BCUT2D eigenvalue weighted by Gasteiger charge is 2.14. The van der Waals surface area contributed by atoms with Gasteiger partial charge in [-0.05, 0) is 54.7 Å². The van der Waals surface area contributed by atoms with E-state index >= 15 is 0 Å². The van der Waals surface area contributed by atoms with E-state index in [4.69, 9.17) is 9.47 Å². The first-order valence-corrected chi connectivity index (χ1v) is 9.85. The highest BCUT2D eigenvalue weighted by atomic mass is 127. The molecule has 0 unspecified atom stereocenters. The van der Waals surface area contributed by atoms with Crippen LogP contribution >= 0.6 is 24.0 Å². The van der Waals surface area contributed by atoms with Crippen LogP contribution in [0.4, 0.5) is 5.82 Å². The van der Waals surface area contributed by atoms with Gasteiger partial charge in [-0.2, -0.15) is 0 Å². The maximum Gasteiger partial charge on any atom is 0.231 e. The molecule has 2 N–H and O–H groups in total. The maximum absolute atomic E-state index is 5.43. The van der Waals surface area contributed by atoms with E-state index in [1.54, 1.807) is 7.05 Å². The second kappa shape index (κ2) is 10.5. The van der Waals surface area contributed by atoms with Gasteiger partial charge in [-0.1, -0.05) is 6.07 Å². The molecule has 4 rings (SSSR count). The zero-order valence-corrected chi connectivity index (χ0v) is 19.0. The highest BCUT2D eigenvalue weighted by molar-refractivity contribution is 14.0. The SMILES string of the molecule is CN=C(NCCc1ccc2c(c1)OCO2)NCc1ccnc(N2CCCC2)c1.I. The summed E-state index contributed by atoms with van der Waals surface area (Å²) in [4.78, 5) is 11.2. The predicted molar refractivity (Wildman–Crippen MR) is 126 cm³/mol. The third-order valence-electron chi connectivity index (χ3n) is 5.07. The zero-order valence-electron chi connectivity index (χ0n) is 16.7. The standard InChI is InChI=1S/C21H27N5O2.HI/c1-22-21(24-9-6-16-4-5-18-19(12-16)28-15-27-18)25-14-17-7-8-23-20(13-17)26-10-2-3-11-26;/h4-5,7-8,12-13H,2-3,6,9-11,14-15H2,1H3,(H2,22,24,25);1H. The van der Waals surface area contributed by atoms with Gasteiger partial charge >= 0.3 is 0 Å². The summed E-state index contributed by atoms with van der Waals surface area (Å²) in [5.41, 5.74) is 2.41. The van der Waals surface area contributed by atoms with Crippen molar-refractivity contribution in [2.24, 2.45) is 4.99 Å². The number of ether oxygens (including phenoxy) is 2. The minimum absolute atomic E-state index is 0. The second-order valence-corrected chi connectivity index (χ2v) is 7.01. The molecule has 1 fully saturated rings. The second-order valence-electron chi connectivity index (χ2n) is 7.01. The molecule has 7 nitrogen and oxygen atoms in total. The lowest BCUT2D eigenvalue weighted by molar-refractivity contribution is 0.174. The van der Waals surface area contributed by atoms with E-state index in [9.17, 15) is 0 Å². The van der Waals surface area contributed by atoms with E-state index in [0.29, 0.717) is 13.3 Å². The van der Waals surface area contributed by atoms with Gasteiger partial charge in [0, 0.05) is 39.4 Å². The van der Waals surface area contributed by atoms with Crippen LogP contribution in [0, 0.1) is 0 Å². The van der Waals surface area contributed by atoms with Gasteiger partial charge in [0.2, 0.25) is 6.79 Å². The van der Waals surface area contributed by atoms with Crippen LogP contribution in [0.3, 0.4) is 0 Å². The molecule has 2 aliphatic heterocycles. The molecule has 0 aliphatic carbocycles. The minimum atomic E-state index is 0. The van der Waals surface area contributed by atoms with Gasteiger partial charge in [0.15, 0.2) is 17.5 Å². The van der Waals surface area contributed by atoms with Crippen molar-refractivity contribution < 1.29 is 9.47 Å². The predicted octanol–water partition coefficient (Wildman–Crippen LogP) is 2.94. The van der Waals surface area contributed by atoms with Crippen LogP contribution in [0.15, 0.2) is 41.5 Å². The Kier molecular flexibility index (Phi) is 7.79. The summed E-state index contributed by atoms with van der Waals surface area (Å²) in [7, 11) is 1.79. The van der Waals surface area contributed by atoms with Crippen molar-refractivity contribution in [3.05, 3.63) is 47.7 Å². The third-order valence-corrected chi connectivity index (χ3v) is 5.07. The molecule has 8 heteroatoms. The van der Waals surface area contributed by atoms with Crippen molar-refractivity contribution >= 4 is 35.8 Å². The van der Waals surface area contributed by atoms with Gasteiger partial charge in [0.25, 0.3) is 0 Å². The van der Waals surface area contributed by atoms with Crippen molar-refractivity contribution in [3.8, 4) is 11.5 Å². The Balaban J connectivity index is 0.00000240. The van der Waals surface area contributed by atoms with Crippen molar-refractivity contribution in [1.29, 1.82) is 0 Å². The lowest BCUT2D eigenvalue weighted by Gasteiger charge is -2.17. The number of nitrogens with zero attached hydrogens (tertiary/aromatic N) is 3. The summed E-state index contributed by atoms with van der Waals surface area (Å²) in [5.74, 6) is 3.51. The van der Waals surface area contributed by atoms with Crippen LogP contribution in [-0.4, -0.2) is 44.4 Å². The molecular weight excluding hydrogens is 481 g/mol. The van der Waals surface area contributed by atoms with Crippen molar-refractivity contribution in [2.45, 2.75) is 25.8 Å². The lowest BCUT2D eigenvalue weighted by Crippen LogP contribution is -2.37. The Morgan fingerprint density at radius 2 is 1.90 bits per heavy atom. The molecule has 2 aromatic rings. The Hall–Kier alpha value is -2.23. The summed E-state index contributed by atoms with van der Waals surface area (Å²) >= 11 is 0. The fourth-order valence-corrected chi connectivity index (χ4v) is 3.52. The number of rotatable bonds is 6. The minimum Gasteiger partial charge on any atom is -0.454 e. The van der Waals surface area contributed by atoms with Gasteiger partial charge < -0.3 is 25.0 Å². The summed E-state index contributed by atoms with van der Waals surface area (Å²) in [6, 6.07) is 10.3. The topological polar surface area (TPSA) is 71.0 Å². The number of anilines is 1. The summed E-state index contributed by atoms with van der Waals surface area (Å²) in [5, 5.41) is 6.75. The monoisotopic (exact) mass is 509 g/mol. The van der Waals surface area contributed by atoms with E-state index in [2.05, 4.69) is 37.6 Å². The Morgan fingerprint density at radius 3 is 2.72 bits per heavy atom. The van der Waals surface area contributed by atoms with Gasteiger partial charge in [-0.25, -0.2) is 4.98 Å². The number of benzene rings is 1. The van der Waals surface area contributed by atoms with Gasteiger partial charge in [-0.3, -0.25) is 4.99 Å². The molecule has 1 saturated heterocycles. The lowest BCUT2D eigenvalue weighted by atomic mass is 10.1. The fourth-order valence-electron chi connectivity index (χ4n) is 3.52. The van der Waals surface area contributed by atoms with E-state index in [0.717, 1.165) is 49.3 Å². The number of hydrogen-bond acceptors (Lipinski definition) is 5. The quantitative estimate of drug-likeness (QED) is 0.355. The van der Waals surface area contributed by atoms with E-state index in [1.165, 1.54) is 24.0 Å². The first-order chi connectivity index (χ1) is 13.8. The molecular formula is C21H28IN5O2. The largest absolute Gasteiger partial charge is 0.454 e. The number of guanidine groups is 1. The van der Waals surface area contributed by atoms with Crippen LogP contribution in [0.2, 0.25) is 0 Å². The number of pyridine rings is 1. The molecule has 2 aliphatic rings. The molecule has 0 atom stereocenters. The van der Waals surface area contributed by atoms with E-state index < -0.39 is 0 Å². The number of aromatic nitrogens is 1. The summed E-state index contributed by atoms with van der Waals surface area (Å²) < 4.78 is 10.8. The van der Waals surface area contributed by atoms with E-state index in [-0.39, 0.29) is 24.0 Å². The van der Waals surface area contributed by atoms with Crippen molar-refractivity contribution in [3.63, 3.8) is 0 Å². The van der Waals surface area contributed by atoms with Crippen LogP contribution in [-0.2, 0) is 13.0 Å². The Morgan fingerprint density at radius 1 is 1.07 bits per heavy atom. The van der Waals surface area contributed by atoms with Crippen LogP contribution < -0.4 is 25.0 Å². The smallest absolute Gasteiger partial charge is 0.231 e. The van der Waals surface area contributed by atoms with Crippen LogP contribution in [0.25, 0.3) is 0 Å². The Labute approximate surface area is 188 Å². The maximum atomic E-state index is 5.43. The fraction of sp³-hybridized carbons (Fsp3) is 0.429. The average Bonchev–Trinajstić information content (AvgIpc) is 3.42. The van der Waals surface area contributed by atoms with Crippen LogP contribution in [0.1, 0.15) is 24.0 Å². The van der Waals surface area contributed by atoms with E-state index in [1.807, 2.05) is 24.4 Å². The average molecular weight is 509 g/mol. The molecule has 0 saturated carbocycles. The molecule has 0 radical (unpaired) electrons. The first kappa shape index (κ1) is 21.5. The highest BCUT2D eigenvalue weighted by Crippen LogP contribution is 2.32. The van der Waals surface area contributed by atoms with Gasteiger partial charge in [-0.15, -0.1) is 24.0 Å². The Bertz CT molecular complexity index is 840. The van der Waals surface area contributed by atoms with Crippen molar-refractivity contribution in [2.75, 3.05) is 38.4 Å². The molecule has 0 amide bonds. The third kappa shape index (κ3) is 5.65. The van der Waals surface area contributed by atoms with Gasteiger partial charge in [0.05, 0.1) is 0 Å². The van der Waals surface area contributed by atoms with Gasteiger partial charge in [0.1, 0.15) is 5.82 Å². The molecule has 1 aromatic carbocycles. The number of halogens is 1. The normalized spacial score (nSPS) is 15.2. The summed E-state index contributed by atoms with van der Waals surface area (Å²) in [6.07, 6.45) is 5.28. The number of hydrogen-bond donors (Lipinski definition) is 2.